The van der Waals surface area contributed by atoms with Crippen molar-refractivity contribution in [3.63, 3.8) is 0 Å². The van der Waals surface area contributed by atoms with Gasteiger partial charge < -0.3 is 14.4 Å². The number of imide groups is 1. The summed E-state index contributed by atoms with van der Waals surface area (Å²) < 4.78 is 12.0. The Morgan fingerprint density at radius 3 is 2.64 bits per heavy atom. The molecule has 6 rings (SSSR count). The summed E-state index contributed by atoms with van der Waals surface area (Å²) in [7, 11) is 0. The second kappa shape index (κ2) is 10.1. The first kappa shape index (κ1) is 25.1. The number of carbonyl (C=O) groups excluding carboxylic acids is 3. The average Bonchev–Trinajstić information content (AvgIpc) is 3.64. The van der Waals surface area contributed by atoms with E-state index in [1.807, 2.05) is 43.3 Å². The molecule has 198 valence electrons. The van der Waals surface area contributed by atoms with Crippen molar-refractivity contribution >= 4 is 45.0 Å². The molecule has 2 aliphatic rings. The average molecular weight is 542 g/mol. The predicted octanol–water partition coefficient (Wildman–Crippen LogP) is 5.46. The second-order valence-corrected chi connectivity index (χ2v) is 10.8. The van der Waals surface area contributed by atoms with Crippen LogP contribution in [0.2, 0.25) is 0 Å². The van der Waals surface area contributed by atoms with Crippen LogP contribution in [0.15, 0.2) is 60.7 Å². The van der Waals surface area contributed by atoms with E-state index in [0.717, 1.165) is 26.4 Å². The van der Waals surface area contributed by atoms with Crippen LogP contribution in [0.5, 0.6) is 11.5 Å². The van der Waals surface area contributed by atoms with Gasteiger partial charge in [0.05, 0.1) is 22.3 Å². The Hall–Kier alpha value is -4.24. The van der Waals surface area contributed by atoms with Gasteiger partial charge >= 0.3 is 0 Å². The van der Waals surface area contributed by atoms with Crippen LogP contribution >= 0.6 is 11.3 Å². The summed E-state index contributed by atoms with van der Waals surface area (Å²) in [5.74, 6) is 0.369. The van der Waals surface area contributed by atoms with E-state index in [4.69, 9.17) is 14.5 Å². The summed E-state index contributed by atoms with van der Waals surface area (Å²) in [5, 5.41) is 0.874. The summed E-state index contributed by atoms with van der Waals surface area (Å²) in [5.41, 5.74) is 4.32. The molecule has 0 N–H and O–H groups in total. The molecule has 2 aliphatic heterocycles. The first-order valence-corrected chi connectivity index (χ1v) is 13.8. The third-order valence-corrected chi connectivity index (χ3v) is 8.06. The first-order valence-electron chi connectivity index (χ1n) is 12.9. The fourth-order valence-corrected chi connectivity index (χ4v) is 6.07. The largest absolute Gasteiger partial charge is 0.454 e. The number of hydrogen-bond acceptors (Lipinski definition) is 7. The van der Waals surface area contributed by atoms with E-state index >= 15 is 0 Å². The van der Waals surface area contributed by atoms with Crippen molar-refractivity contribution in [2.24, 2.45) is 0 Å². The van der Waals surface area contributed by atoms with Gasteiger partial charge in [-0.15, -0.1) is 11.3 Å². The van der Waals surface area contributed by atoms with Gasteiger partial charge in [0.2, 0.25) is 18.6 Å². The number of rotatable bonds is 7. The molecule has 0 spiro atoms. The number of benzene rings is 3. The van der Waals surface area contributed by atoms with Gasteiger partial charge in [0, 0.05) is 18.5 Å². The fraction of sp³-hybridized carbons (Fsp3) is 0.267. The molecule has 0 radical (unpaired) electrons. The van der Waals surface area contributed by atoms with Gasteiger partial charge in [0.1, 0.15) is 11.0 Å². The normalized spacial score (nSPS) is 16.4. The number of ether oxygens (including phenoxy) is 2. The molecule has 3 amide bonds. The van der Waals surface area contributed by atoms with E-state index in [1.54, 1.807) is 29.5 Å². The quantitative estimate of drug-likeness (QED) is 0.289. The highest BCUT2D eigenvalue weighted by Crippen LogP contribution is 2.35. The van der Waals surface area contributed by atoms with Crippen LogP contribution in [-0.4, -0.2) is 40.4 Å². The van der Waals surface area contributed by atoms with Crippen molar-refractivity contribution in [2.75, 3.05) is 11.7 Å². The minimum absolute atomic E-state index is 0.0577. The van der Waals surface area contributed by atoms with Crippen molar-refractivity contribution in [3.8, 4) is 22.1 Å². The number of nitrogens with zero attached hydrogens (tertiary/aromatic N) is 3. The number of hydrogen-bond donors (Lipinski definition) is 0. The van der Waals surface area contributed by atoms with Gasteiger partial charge in [-0.2, -0.15) is 0 Å². The number of carbonyl (C=O) groups is 3. The monoisotopic (exact) mass is 541 g/mol. The molecule has 0 bridgehead atoms. The molecule has 3 heterocycles. The number of amides is 3. The zero-order valence-electron chi connectivity index (χ0n) is 21.7. The maximum atomic E-state index is 13.6. The molecule has 9 heteroatoms. The Bertz CT molecular complexity index is 1600. The molecule has 1 fully saturated rings. The lowest BCUT2D eigenvalue weighted by atomic mass is 10.1. The number of anilines is 1. The SMILES string of the molecule is CCCC(=O)N(Cc1ccc2c(c1)OCO2)C1CC(=O)N(c2ccc(-c3nc4ccc(C)cc4s3)cc2)C1=O. The highest BCUT2D eigenvalue weighted by Gasteiger charge is 2.44. The molecular weight excluding hydrogens is 514 g/mol. The molecule has 1 aromatic heterocycles. The van der Waals surface area contributed by atoms with Crippen LogP contribution in [0, 0.1) is 6.92 Å². The molecule has 8 nitrogen and oxygen atoms in total. The Labute approximate surface area is 229 Å². The topological polar surface area (TPSA) is 89.0 Å². The van der Waals surface area contributed by atoms with Crippen LogP contribution in [-0.2, 0) is 20.9 Å². The van der Waals surface area contributed by atoms with Crippen molar-refractivity contribution in [1.82, 2.24) is 9.88 Å². The third-order valence-electron chi connectivity index (χ3n) is 6.99. The molecule has 0 saturated carbocycles. The van der Waals surface area contributed by atoms with E-state index in [0.29, 0.717) is 30.0 Å². The van der Waals surface area contributed by atoms with E-state index in [1.165, 1.54) is 15.4 Å². The van der Waals surface area contributed by atoms with Crippen molar-refractivity contribution in [2.45, 2.75) is 45.7 Å². The minimum atomic E-state index is -0.867. The number of aryl methyl sites for hydroxylation is 1. The Morgan fingerprint density at radius 2 is 1.85 bits per heavy atom. The molecular formula is C30H27N3O5S. The molecule has 1 saturated heterocycles. The summed E-state index contributed by atoms with van der Waals surface area (Å²) in [4.78, 5) is 47.3. The standard InChI is InChI=1S/C30H27N3O5S/c1-3-4-27(34)32(16-19-6-12-24-25(14-19)38-17-37-24)23-15-28(35)33(30(23)36)21-9-7-20(8-10-21)29-31-22-11-5-18(2)13-26(22)39-29/h5-14,23H,3-4,15-17H2,1-2H3. The van der Waals surface area contributed by atoms with Gasteiger partial charge in [-0.05, 0) is 73.0 Å². The minimum Gasteiger partial charge on any atom is -0.454 e. The predicted molar refractivity (Wildman–Crippen MR) is 149 cm³/mol. The highest BCUT2D eigenvalue weighted by atomic mass is 32.1. The van der Waals surface area contributed by atoms with Crippen molar-refractivity contribution in [3.05, 3.63) is 71.8 Å². The van der Waals surface area contributed by atoms with Gasteiger partial charge in [-0.25, -0.2) is 9.88 Å². The lowest BCUT2D eigenvalue weighted by molar-refractivity contribution is -0.139. The van der Waals surface area contributed by atoms with Crippen LogP contribution in [0.3, 0.4) is 0 Å². The van der Waals surface area contributed by atoms with Crippen LogP contribution < -0.4 is 14.4 Å². The first-order chi connectivity index (χ1) is 18.9. The lowest BCUT2D eigenvalue weighted by Gasteiger charge is -2.28. The number of aromatic nitrogens is 1. The fourth-order valence-electron chi connectivity index (χ4n) is 5.00. The Morgan fingerprint density at radius 1 is 1.05 bits per heavy atom. The van der Waals surface area contributed by atoms with Gasteiger partial charge in [0.25, 0.3) is 5.91 Å². The Balaban J connectivity index is 1.24. The van der Waals surface area contributed by atoms with E-state index in [-0.39, 0.29) is 31.6 Å². The van der Waals surface area contributed by atoms with Gasteiger partial charge in [0.15, 0.2) is 11.5 Å². The van der Waals surface area contributed by atoms with E-state index < -0.39 is 11.9 Å². The zero-order chi connectivity index (χ0) is 27.1. The highest BCUT2D eigenvalue weighted by molar-refractivity contribution is 7.21. The van der Waals surface area contributed by atoms with E-state index in [9.17, 15) is 14.4 Å². The second-order valence-electron chi connectivity index (χ2n) is 9.78. The summed E-state index contributed by atoms with van der Waals surface area (Å²) in [6.45, 7) is 4.32. The molecule has 39 heavy (non-hydrogen) atoms. The van der Waals surface area contributed by atoms with Crippen molar-refractivity contribution < 1.29 is 23.9 Å². The summed E-state index contributed by atoms with van der Waals surface area (Å²) >= 11 is 1.60. The maximum absolute atomic E-state index is 13.6. The Kier molecular flexibility index (Phi) is 6.52. The molecule has 4 aromatic rings. The molecule has 1 atom stereocenters. The number of fused-ring (bicyclic) bond motifs is 2. The smallest absolute Gasteiger partial charge is 0.257 e. The maximum Gasteiger partial charge on any atom is 0.257 e. The van der Waals surface area contributed by atoms with Gasteiger partial charge in [-0.1, -0.05) is 19.1 Å². The number of thiazole rings is 1. The molecule has 0 aliphatic carbocycles. The van der Waals surface area contributed by atoms with Gasteiger partial charge in [-0.3, -0.25) is 14.4 Å². The van der Waals surface area contributed by atoms with Crippen molar-refractivity contribution in [1.29, 1.82) is 0 Å². The summed E-state index contributed by atoms with van der Waals surface area (Å²) in [6, 6.07) is 18.0. The third kappa shape index (κ3) is 4.74. The lowest BCUT2D eigenvalue weighted by Crippen LogP contribution is -2.45. The zero-order valence-corrected chi connectivity index (χ0v) is 22.5. The summed E-state index contributed by atoms with van der Waals surface area (Å²) in [6.07, 6.45) is 0.874. The molecule has 3 aromatic carbocycles. The van der Waals surface area contributed by atoms with Crippen LogP contribution in [0.25, 0.3) is 20.8 Å². The molecule has 1 unspecified atom stereocenters. The van der Waals surface area contributed by atoms with E-state index in [2.05, 4.69) is 13.0 Å². The van der Waals surface area contributed by atoms with Crippen LogP contribution in [0.1, 0.15) is 37.3 Å². The van der Waals surface area contributed by atoms with Crippen LogP contribution in [0.4, 0.5) is 5.69 Å².